The van der Waals surface area contributed by atoms with Gasteiger partial charge in [0.2, 0.25) is 0 Å². The molecule has 0 saturated heterocycles. The molecule has 0 bridgehead atoms. The second kappa shape index (κ2) is 3.13. The molecule has 0 aromatic heterocycles. The van der Waals surface area contributed by atoms with E-state index in [2.05, 4.69) is 29.6 Å². The average Bonchev–Trinajstić information content (AvgIpc) is 2.87. The van der Waals surface area contributed by atoms with Crippen molar-refractivity contribution < 1.29 is 0 Å². The predicted molar refractivity (Wildman–Crippen MR) is 54.4 cm³/mol. The summed E-state index contributed by atoms with van der Waals surface area (Å²) >= 11 is 0. The fraction of sp³-hybridized carbons (Fsp3) is 0.455. The number of nitrogens with two attached hydrogens (primary N) is 1. The summed E-state index contributed by atoms with van der Waals surface area (Å²) in [6.07, 6.45) is 2.26. The van der Waals surface area contributed by atoms with Crippen molar-refractivity contribution in [3.63, 3.8) is 0 Å². The van der Waals surface area contributed by atoms with E-state index in [0.29, 0.717) is 6.04 Å². The van der Waals surface area contributed by atoms with E-state index in [0.717, 1.165) is 12.8 Å². The van der Waals surface area contributed by atoms with Gasteiger partial charge in [-0.2, -0.15) is 0 Å². The zero-order valence-corrected chi connectivity index (χ0v) is 7.96. The molecule has 0 aliphatic heterocycles. The SMILES string of the molecule is CNC(c1ccccc1)C1(N)CC1. The fourth-order valence-corrected chi connectivity index (χ4v) is 1.86. The Balaban J connectivity index is 2.23. The molecule has 2 heteroatoms. The van der Waals surface area contributed by atoms with Crippen LogP contribution in [0.2, 0.25) is 0 Å². The number of rotatable bonds is 3. The van der Waals surface area contributed by atoms with Crippen molar-refractivity contribution >= 4 is 0 Å². The van der Waals surface area contributed by atoms with Crippen LogP contribution >= 0.6 is 0 Å². The lowest BCUT2D eigenvalue weighted by Gasteiger charge is -2.23. The van der Waals surface area contributed by atoms with Crippen molar-refractivity contribution in [2.24, 2.45) is 5.73 Å². The van der Waals surface area contributed by atoms with Crippen LogP contribution in [0.1, 0.15) is 24.4 Å². The molecule has 70 valence electrons. The zero-order chi connectivity index (χ0) is 9.31. The molecule has 2 nitrogen and oxygen atoms in total. The van der Waals surface area contributed by atoms with Gasteiger partial charge in [0, 0.05) is 5.54 Å². The second-order valence-corrected chi connectivity index (χ2v) is 3.87. The Hall–Kier alpha value is -0.860. The number of benzene rings is 1. The molecule has 1 aromatic carbocycles. The Labute approximate surface area is 79.1 Å². The van der Waals surface area contributed by atoms with Crippen molar-refractivity contribution in [2.75, 3.05) is 7.05 Å². The van der Waals surface area contributed by atoms with Crippen LogP contribution < -0.4 is 11.1 Å². The van der Waals surface area contributed by atoms with Gasteiger partial charge >= 0.3 is 0 Å². The normalized spacial score (nSPS) is 21.1. The minimum absolute atomic E-state index is 0.0100. The molecule has 0 heterocycles. The highest BCUT2D eigenvalue weighted by atomic mass is 15.0. The van der Waals surface area contributed by atoms with E-state index >= 15 is 0 Å². The lowest BCUT2D eigenvalue weighted by atomic mass is 9.98. The zero-order valence-electron chi connectivity index (χ0n) is 7.96. The molecular formula is C11H16N2. The summed E-state index contributed by atoms with van der Waals surface area (Å²) in [5.74, 6) is 0. The van der Waals surface area contributed by atoms with Crippen molar-refractivity contribution in [3.05, 3.63) is 35.9 Å². The number of likely N-dealkylation sites (N-methyl/N-ethyl adjacent to an activating group) is 1. The van der Waals surface area contributed by atoms with Crippen molar-refractivity contribution in [2.45, 2.75) is 24.4 Å². The molecule has 1 aromatic rings. The van der Waals surface area contributed by atoms with Crippen LogP contribution in [0.5, 0.6) is 0 Å². The van der Waals surface area contributed by atoms with Gasteiger partial charge in [0.15, 0.2) is 0 Å². The molecule has 0 amide bonds. The monoisotopic (exact) mass is 176 g/mol. The standard InChI is InChI=1S/C11H16N2/c1-13-10(11(12)7-8-11)9-5-3-2-4-6-9/h2-6,10,13H,7-8,12H2,1H3. The maximum absolute atomic E-state index is 6.17. The summed E-state index contributed by atoms with van der Waals surface area (Å²) < 4.78 is 0. The van der Waals surface area contributed by atoms with Crippen LogP contribution in [0.4, 0.5) is 0 Å². The first-order chi connectivity index (χ1) is 6.26. The van der Waals surface area contributed by atoms with Gasteiger partial charge in [-0.25, -0.2) is 0 Å². The molecular weight excluding hydrogens is 160 g/mol. The van der Waals surface area contributed by atoms with Gasteiger partial charge in [0.1, 0.15) is 0 Å². The maximum Gasteiger partial charge on any atom is 0.0500 e. The number of hydrogen-bond donors (Lipinski definition) is 2. The third-order valence-corrected chi connectivity index (χ3v) is 2.82. The summed E-state index contributed by atoms with van der Waals surface area (Å²) in [5.41, 5.74) is 7.48. The van der Waals surface area contributed by atoms with E-state index in [-0.39, 0.29) is 5.54 Å². The first-order valence-electron chi connectivity index (χ1n) is 4.77. The van der Waals surface area contributed by atoms with Crippen LogP contribution in [0.15, 0.2) is 30.3 Å². The molecule has 0 radical (unpaired) electrons. The third kappa shape index (κ3) is 1.60. The predicted octanol–water partition coefficient (Wildman–Crippen LogP) is 1.44. The summed E-state index contributed by atoms with van der Waals surface area (Å²) in [4.78, 5) is 0. The Morgan fingerprint density at radius 2 is 1.92 bits per heavy atom. The van der Waals surface area contributed by atoms with Crippen molar-refractivity contribution in [1.82, 2.24) is 5.32 Å². The number of nitrogens with one attached hydrogen (secondary N) is 1. The topological polar surface area (TPSA) is 38.0 Å². The van der Waals surface area contributed by atoms with E-state index in [1.807, 2.05) is 13.1 Å². The van der Waals surface area contributed by atoms with Gasteiger partial charge in [-0.15, -0.1) is 0 Å². The van der Waals surface area contributed by atoms with E-state index in [1.54, 1.807) is 0 Å². The molecule has 1 atom stereocenters. The summed E-state index contributed by atoms with van der Waals surface area (Å²) in [6, 6.07) is 10.7. The minimum Gasteiger partial charge on any atom is -0.323 e. The van der Waals surface area contributed by atoms with Gasteiger partial charge in [-0.05, 0) is 25.5 Å². The molecule has 13 heavy (non-hydrogen) atoms. The lowest BCUT2D eigenvalue weighted by Crippen LogP contribution is -2.38. The smallest absolute Gasteiger partial charge is 0.0500 e. The molecule has 1 fully saturated rings. The largest absolute Gasteiger partial charge is 0.323 e. The van der Waals surface area contributed by atoms with E-state index in [1.165, 1.54) is 5.56 Å². The molecule has 3 N–H and O–H groups in total. The van der Waals surface area contributed by atoms with Gasteiger partial charge in [0.05, 0.1) is 6.04 Å². The molecule has 1 unspecified atom stereocenters. The molecule has 1 saturated carbocycles. The Morgan fingerprint density at radius 3 is 2.38 bits per heavy atom. The van der Waals surface area contributed by atoms with Crippen molar-refractivity contribution in [3.8, 4) is 0 Å². The quantitative estimate of drug-likeness (QED) is 0.731. The third-order valence-electron chi connectivity index (χ3n) is 2.82. The summed E-state index contributed by atoms with van der Waals surface area (Å²) in [7, 11) is 1.98. The van der Waals surface area contributed by atoms with Gasteiger partial charge in [-0.3, -0.25) is 0 Å². The maximum atomic E-state index is 6.17. The lowest BCUT2D eigenvalue weighted by molar-refractivity contribution is 0.461. The average molecular weight is 176 g/mol. The fourth-order valence-electron chi connectivity index (χ4n) is 1.86. The highest BCUT2D eigenvalue weighted by Crippen LogP contribution is 2.43. The second-order valence-electron chi connectivity index (χ2n) is 3.87. The molecule has 1 aliphatic rings. The first-order valence-corrected chi connectivity index (χ1v) is 4.77. The summed E-state index contributed by atoms with van der Waals surface area (Å²) in [5, 5.41) is 3.30. The summed E-state index contributed by atoms with van der Waals surface area (Å²) in [6.45, 7) is 0. The Bertz CT molecular complexity index is 277. The highest BCUT2D eigenvalue weighted by Gasteiger charge is 2.45. The van der Waals surface area contributed by atoms with E-state index in [9.17, 15) is 0 Å². The highest BCUT2D eigenvalue weighted by molar-refractivity contribution is 5.26. The minimum atomic E-state index is 0.0100. The van der Waals surface area contributed by atoms with Crippen LogP contribution in [-0.2, 0) is 0 Å². The van der Waals surface area contributed by atoms with Gasteiger partial charge < -0.3 is 11.1 Å². The van der Waals surface area contributed by atoms with Gasteiger partial charge in [0.25, 0.3) is 0 Å². The Kier molecular flexibility index (Phi) is 2.10. The van der Waals surface area contributed by atoms with Crippen LogP contribution in [0.3, 0.4) is 0 Å². The van der Waals surface area contributed by atoms with Crippen LogP contribution in [0.25, 0.3) is 0 Å². The van der Waals surface area contributed by atoms with Crippen LogP contribution in [-0.4, -0.2) is 12.6 Å². The molecule has 0 spiro atoms. The Morgan fingerprint density at radius 1 is 1.31 bits per heavy atom. The first kappa shape index (κ1) is 8.73. The molecule has 1 aliphatic carbocycles. The number of hydrogen-bond acceptors (Lipinski definition) is 2. The van der Waals surface area contributed by atoms with Crippen LogP contribution in [0, 0.1) is 0 Å². The van der Waals surface area contributed by atoms with Gasteiger partial charge in [-0.1, -0.05) is 30.3 Å². The van der Waals surface area contributed by atoms with E-state index in [4.69, 9.17) is 5.73 Å². The molecule has 2 rings (SSSR count). The van der Waals surface area contributed by atoms with Crippen molar-refractivity contribution in [1.29, 1.82) is 0 Å². The van der Waals surface area contributed by atoms with E-state index < -0.39 is 0 Å².